The molecular weight excluding hydrogens is 357 g/mol. The molecular formula is C19H22FNO4S. The van der Waals surface area contributed by atoms with E-state index >= 15 is 0 Å². The van der Waals surface area contributed by atoms with Gasteiger partial charge < -0.3 is 9.47 Å². The maximum absolute atomic E-state index is 13.0. The van der Waals surface area contributed by atoms with Crippen LogP contribution in [0.15, 0.2) is 54.6 Å². The van der Waals surface area contributed by atoms with Gasteiger partial charge in [0.25, 0.3) is 0 Å². The van der Waals surface area contributed by atoms with Crippen molar-refractivity contribution in [1.29, 1.82) is 0 Å². The summed E-state index contributed by atoms with van der Waals surface area (Å²) in [6, 6.07) is 14.8. The monoisotopic (exact) mass is 379 g/mol. The Morgan fingerprint density at radius 3 is 2.54 bits per heavy atom. The van der Waals surface area contributed by atoms with Gasteiger partial charge in [-0.2, -0.15) is 0 Å². The van der Waals surface area contributed by atoms with E-state index in [1.807, 2.05) is 30.3 Å². The third kappa shape index (κ3) is 5.60. The molecule has 1 saturated heterocycles. The molecule has 2 aromatic carbocycles. The SMILES string of the molecule is O=S(=O)(Cc1ccc(F)cc1)N[C@@H]1CCOC[C@H]1OCc1ccccc1. The van der Waals surface area contributed by atoms with Crippen molar-refractivity contribution in [1.82, 2.24) is 4.72 Å². The van der Waals surface area contributed by atoms with Crippen LogP contribution in [0.2, 0.25) is 0 Å². The van der Waals surface area contributed by atoms with Crippen LogP contribution < -0.4 is 4.72 Å². The van der Waals surface area contributed by atoms with Crippen molar-refractivity contribution < 1.29 is 22.3 Å². The number of sulfonamides is 1. The van der Waals surface area contributed by atoms with Crippen molar-refractivity contribution in [3.8, 4) is 0 Å². The van der Waals surface area contributed by atoms with Crippen LogP contribution in [0.1, 0.15) is 17.5 Å². The predicted octanol–water partition coefficient (Wildman–Crippen LogP) is 2.62. The number of hydrogen-bond donors (Lipinski definition) is 1. The summed E-state index contributed by atoms with van der Waals surface area (Å²) in [5.74, 6) is -0.589. The Kier molecular flexibility index (Phi) is 6.37. The lowest BCUT2D eigenvalue weighted by Gasteiger charge is -2.32. The molecule has 0 bridgehead atoms. The molecule has 26 heavy (non-hydrogen) atoms. The maximum atomic E-state index is 13.0. The summed E-state index contributed by atoms with van der Waals surface area (Å²) in [4.78, 5) is 0. The molecule has 0 amide bonds. The quantitative estimate of drug-likeness (QED) is 0.803. The summed E-state index contributed by atoms with van der Waals surface area (Å²) in [5, 5.41) is 0. The van der Waals surface area contributed by atoms with Gasteiger partial charge in [0.2, 0.25) is 10.0 Å². The summed E-state index contributed by atoms with van der Waals surface area (Å²) in [6.07, 6.45) is 0.189. The molecule has 0 radical (unpaired) electrons. The van der Waals surface area contributed by atoms with E-state index in [1.165, 1.54) is 24.3 Å². The fourth-order valence-corrected chi connectivity index (χ4v) is 4.31. The van der Waals surface area contributed by atoms with Crippen LogP contribution in [-0.4, -0.2) is 33.8 Å². The zero-order valence-corrected chi connectivity index (χ0v) is 15.1. The average molecular weight is 379 g/mol. The Morgan fingerprint density at radius 1 is 1.08 bits per heavy atom. The third-order valence-electron chi connectivity index (χ3n) is 4.21. The van der Waals surface area contributed by atoms with E-state index in [9.17, 15) is 12.8 Å². The van der Waals surface area contributed by atoms with Crippen LogP contribution in [0.4, 0.5) is 4.39 Å². The van der Waals surface area contributed by atoms with Gasteiger partial charge in [-0.25, -0.2) is 17.5 Å². The van der Waals surface area contributed by atoms with Gasteiger partial charge in [0, 0.05) is 6.61 Å². The second-order valence-electron chi connectivity index (χ2n) is 6.31. The number of ether oxygens (including phenoxy) is 2. The minimum absolute atomic E-state index is 0.198. The summed E-state index contributed by atoms with van der Waals surface area (Å²) in [7, 11) is -3.57. The second-order valence-corrected chi connectivity index (χ2v) is 8.06. The highest BCUT2D eigenvalue weighted by atomic mass is 32.2. The Bertz CT molecular complexity index is 796. The minimum Gasteiger partial charge on any atom is -0.379 e. The molecule has 0 saturated carbocycles. The molecule has 2 atom stereocenters. The first-order valence-electron chi connectivity index (χ1n) is 8.49. The van der Waals surface area contributed by atoms with E-state index in [-0.39, 0.29) is 17.9 Å². The number of hydrogen-bond acceptors (Lipinski definition) is 4. The Balaban J connectivity index is 1.60. The standard InChI is InChI=1S/C19H22FNO4S/c20-17-8-6-16(7-9-17)14-26(22,23)21-18-10-11-24-13-19(18)25-12-15-4-2-1-3-5-15/h1-9,18-19,21H,10-14H2/t18-,19-/m1/s1. The molecule has 5 nitrogen and oxygen atoms in total. The lowest BCUT2D eigenvalue weighted by molar-refractivity contribution is -0.0711. The molecule has 140 valence electrons. The highest BCUT2D eigenvalue weighted by Gasteiger charge is 2.30. The molecule has 1 N–H and O–H groups in total. The Labute approximate surface area is 153 Å². The van der Waals surface area contributed by atoms with Gasteiger partial charge in [-0.1, -0.05) is 42.5 Å². The number of rotatable bonds is 7. The van der Waals surface area contributed by atoms with Crippen molar-refractivity contribution in [2.75, 3.05) is 13.2 Å². The molecule has 0 aromatic heterocycles. The molecule has 1 aliphatic heterocycles. The van der Waals surface area contributed by atoms with E-state index < -0.39 is 15.8 Å². The number of nitrogens with one attached hydrogen (secondary N) is 1. The maximum Gasteiger partial charge on any atom is 0.216 e. The fraction of sp³-hybridized carbons (Fsp3) is 0.368. The van der Waals surface area contributed by atoms with Crippen LogP contribution in [0, 0.1) is 5.82 Å². The first kappa shape index (κ1) is 19.0. The van der Waals surface area contributed by atoms with Gasteiger partial charge >= 0.3 is 0 Å². The van der Waals surface area contributed by atoms with Crippen LogP contribution in [0.3, 0.4) is 0 Å². The Morgan fingerprint density at radius 2 is 1.81 bits per heavy atom. The molecule has 1 heterocycles. The Hall–Kier alpha value is -1.80. The van der Waals surface area contributed by atoms with Crippen molar-refractivity contribution in [2.24, 2.45) is 0 Å². The highest BCUT2D eigenvalue weighted by Crippen LogP contribution is 2.16. The first-order valence-corrected chi connectivity index (χ1v) is 10.1. The van der Waals surface area contributed by atoms with Gasteiger partial charge in [0.05, 0.1) is 31.1 Å². The summed E-state index contributed by atoms with van der Waals surface area (Å²) >= 11 is 0. The van der Waals surface area contributed by atoms with E-state index in [0.717, 1.165) is 5.56 Å². The predicted molar refractivity (Wildman–Crippen MR) is 96.4 cm³/mol. The topological polar surface area (TPSA) is 64.6 Å². The fourth-order valence-electron chi connectivity index (χ4n) is 2.86. The summed E-state index contributed by atoms with van der Waals surface area (Å²) in [5.41, 5.74) is 1.55. The third-order valence-corrected chi connectivity index (χ3v) is 5.59. The summed E-state index contributed by atoms with van der Waals surface area (Å²) in [6.45, 7) is 1.22. The summed E-state index contributed by atoms with van der Waals surface area (Å²) < 4.78 is 52.0. The lowest BCUT2D eigenvalue weighted by atomic mass is 10.1. The van der Waals surface area contributed by atoms with Crippen LogP contribution in [0.5, 0.6) is 0 Å². The highest BCUT2D eigenvalue weighted by molar-refractivity contribution is 7.88. The zero-order valence-electron chi connectivity index (χ0n) is 14.3. The van der Waals surface area contributed by atoms with Gasteiger partial charge in [-0.05, 0) is 29.7 Å². The number of halogens is 1. The van der Waals surface area contributed by atoms with E-state index in [2.05, 4.69) is 4.72 Å². The van der Waals surface area contributed by atoms with Crippen molar-refractivity contribution in [2.45, 2.75) is 30.9 Å². The molecule has 1 aliphatic rings. The molecule has 3 rings (SSSR count). The van der Waals surface area contributed by atoms with Crippen molar-refractivity contribution in [3.05, 3.63) is 71.5 Å². The van der Waals surface area contributed by atoms with Crippen molar-refractivity contribution >= 4 is 10.0 Å². The smallest absolute Gasteiger partial charge is 0.216 e. The van der Waals surface area contributed by atoms with Gasteiger partial charge in [0.1, 0.15) is 5.82 Å². The first-order chi connectivity index (χ1) is 12.5. The molecule has 0 unspecified atom stereocenters. The largest absolute Gasteiger partial charge is 0.379 e. The minimum atomic E-state index is -3.57. The van der Waals surface area contributed by atoms with Crippen molar-refractivity contribution in [3.63, 3.8) is 0 Å². The molecule has 1 fully saturated rings. The molecule has 2 aromatic rings. The van der Waals surface area contributed by atoms with Gasteiger partial charge in [0.15, 0.2) is 0 Å². The zero-order chi connectivity index (χ0) is 18.4. The van der Waals surface area contributed by atoms with Crippen LogP contribution in [-0.2, 0) is 31.9 Å². The van der Waals surface area contributed by atoms with Gasteiger partial charge in [-0.15, -0.1) is 0 Å². The molecule has 7 heteroatoms. The lowest BCUT2D eigenvalue weighted by Crippen LogP contribution is -2.50. The normalized spacial score (nSPS) is 20.8. The van der Waals surface area contributed by atoms with E-state index in [4.69, 9.17) is 9.47 Å². The molecule has 0 aliphatic carbocycles. The average Bonchev–Trinajstić information content (AvgIpc) is 2.63. The van der Waals surface area contributed by atoms with E-state index in [1.54, 1.807) is 0 Å². The number of benzene rings is 2. The van der Waals surface area contributed by atoms with Crippen LogP contribution >= 0.6 is 0 Å². The van der Waals surface area contributed by atoms with E-state index in [0.29, 0.717) is 31.8 Å². The van der Waals surface area contributed by atoms with Gasteiger partial charge in [-0.3, -0.25) is 0 Å². The van der Waals surface area contributed by atoms with Crippen LogP contribution in [0.25, 0.3) is 0 Å². The molecule has 0 spiro atoms. The second kappa shape index (κ2) is 8.73.